The first-order valence-electron chi connectivity index (χ1n) is 14.5. The van der Waals surface area contributed by atoms with E-state index in [-0.39, 0.29) is 30.8 Å². The summed E-state index contributed by atoms with van der Waals surface area (Å²) in [5, 5.41) is 5.86. The Kier molecular flexibility index (Phi) is 8.54. The van der Waals surface area contributed by atoms with Gasteiger partial charge in [-0.1, -0.05) is 91.0 Å². The number of piperazine rings is 1. The fraction of sp³-hybridized carbons (Fsp3) is 0.382. The zero-order valence-electron chi connectivity index (χ0n) is 23.8. The van der Waals surface area contributed by atoms with Gasteiger partial charge < -0.3 is 20.3 Å². The minimum absolute atomic E-state index is 0.0313. The zero-order chi connectivity index (χ0) is 28.9. The van der Waals surface area contributed by atoms with Gasteiger partial charge in [0.05, 0.1) is 11.8 Å². The molecule has 2 aliphatic heterocycles. The van der Waals surface area contributed by atoms with Gasteiger partial charge in [-0.2, -0.15) is 0 Å². The molecule has 0 saturated carbocycles. The zero-order valence-corrected chi connectivity index (χ0v) is 23.8. The molecule has 3 atom stereocenters. The number of nitrogens with one attached hydrogen (secondary N) is 2. The van der Waals surface area contributed by atoms with E-state index in [0.29, 0.717) is 19.5 Å². The largest absolute Gasteiger partial charge is 0.464 e. The minimum Gasteiger partial charge on any atom is -0.464 e. The van der Waals surface area contributed by atoms with Gasteiger partial charge in [0, 0.05) is 25.6 Å². The average molecular weight is 554 g/mol. The van der Waals surface area contributed by atoms with Crippen LogP contribution in [0, 0.1) is 5.92 Å². The Morgan fingerprint density at radius 3 is 2.15 bits per heavy atom. The summed E-state index contributed by atoms with van der Waals surface area (Å²) in [7, 11) is 0. The fourth-order valence-electron chi connectivity index (χ4n) is 6.14. The smallest absolute Gasteiger partial charge is 0.306 e. The second-order valence-electron chi connectivity index (χ2n) is 11.6. The van der Waals surface area contributed by atoms with Crippen LogP contribution >= 0.6 is 0 Å². The number of likely N-dealkylation sites (tertiary alicyclic amines) is 1. The van der Waals surface area contributed by atoms with Crippen molar-refractivity contribution >= 4 is 17.8 Å². The maximum atomic E-state index is 13.5. The summed E-state index contributed by atoms with van der Waals surface area (Å²) in [4.78, 5) is 41.9. The van der Waals surface area contributed by atoms with Gasteiger partial charge in [-0.25, -0.2) is 0 Å². The van der Waals surface area contributed by atoms with Crippen molar-refractivity contribution in [2.75, 3.05) is 26.2 Å². The van der Waals surface area contributed by atoms with Crippen molar-refractivity contribution < 1.29 is 19.1 Å². The topological polar surface area (TPSA) is 87.7 Å². The molecule has 3 aromatic rings. The molecule has 2 aliphatic rings. The van der Waals surface area contributed by atoms with Crippen LogP contribution in [0.3, 0.4) is 0 Å². The lowest BCUT2D eigenvalue weighted by Crippen LogP contribution is -2.74. The van der Waals surface area contributed by atoms with E-state index in [0.717, 1.165) is 24.1 Å². The molecule has 214 valence electrons. The Balaban J connectivity index is 1.33. The highest BCUT2D eigenvalue weighted by molar-refractivity contribution is 6.00. The molecule has 0 aromatic heterocycles. The molecule has 0 aliphatic carbocycles. The van der Waals surface area contributed by atoms with Gasteiger partial charge in [-0.05, 0) is 43.4 Å². The first-order chi connectivity index (χ1) is 19.8. The summed E-state index contributed by atoms with van der Waals surface area (Å²) in [6.07, 6.45) is 1.34. The lowest BCUT2D eigenvalue weighted by molar-refractivity contribution is -0.153. The Labute approximate surface area is 242 Å². The standard InChI is InChI=1S/C34H39N3O4/c1-25-31(39)36-34(32(40)35-25)19-21-37(20-18-26-12-6-3-7-13-26)23-29(34)22-30(38)41-24-33(2,27-14-8-4-9-15-27)28-16-10-5-11-17-28/h3-17,25,29H,18-24H2,1-2H3,(H,35,40)(H,36,39)/t25-,29?,34?/m0/s1. The van der Waals surface area contributed by atoms with Gasteiger partial charge in [0.25, 0.3) is 0 Å². The number of piperidine rings is 1. The number of benzene rings is 3. The van der Waals surface area contributed by atoms with Crippen LogP contribution in [0.4, 0.5) is 0 Å². The predicted molar refractivity (Wildman–Crippen MR) is 158 cm³/mol. The molecule has 2 amide bonds. The maximum absolute atomic E-state index is 13.5. The van der Waals surface area contributed by atoms with Gasteiger partial charge in [0.15, 0.2) is 0 Å². The van der Waals surface area contributed by atoms with Crippen molar-refractivity contribution in [2.24, 2.45) is 5.92 Å². The number of rotatable bonds is 9. The second-order valence-corrected chi connectivity index (χ2v) is 11.6. The van der Waals surface area contributed by atoms with E-state index < -0.39 is 22.9 Å². The summed E-state index contributed by atoms with van der Waals surface area (Å²) in [6.45, 7) is 5.88. The Hall–Kier alpha value is -3.97. The first-order valence-corrected chi connectivity index (χ1v) is 14.5. The average Bonchev–Trinajstić information content (AvgIpc) is 3.00. The van der Waals surface area contributed by atoms with Crippen LogP contribution in [0.1, 0.15) is 43.4 Å². The first kappa shape index (κ1) is 28.6. The van der Waals surface area contributed by atoms with Gasteiger partial charge in [0.2, 0.25) is 11.8 Å². The molecule has 2 heterocycles. The van der Waals surface area contributed by atoms with Crippen LogP contribution in [0.2, 0.25) is 0 Å². The number of ether oxygens (including phenoxy) is 1. The second kappa shape index (κ2) is 12.3. The molecular weight excluding hydrogens is 514 g/mol. The van der Waals surface area contributed by atoms with Crippen LogP contribution in [0.15, 0.2) is 91.0 Å². The van der Waals surface area contributed by atoms with Crippen molar-refractivity contribution in [1.82, 2.24) is 15.5 Å². The van der Waals surface area contributed by atoms with Gasteiger partial charge in [0.1, 0.15) is 18.2 Å². The van der Waals surface area contributed by atoms with Crippen LogP contribution < -0.4 is 10.6 Å². The van der Waals surface area contributed by atoms with Crippen molar-refractivity contribution in [3.8, 4) is 0 Å². The van der Waals surface area contributed by atoms with Crippen molar-refractivity contribution in [2.45, 2.75) is 50.1 Å². The fourth-order valence-corrected chi connectivity index (χ4v) is 6.14. The summed E-state index contributed by atoms with van der Waals surface area (Å²) >= 11 is 0. The lowest BCUT2D eigenvalue weighted by Gasteiger charge is -2.49. The van der Waals surface area contributed by atoms with E-state index in [9.17, 15) is 14.4 Å². The SMILES string of the molecule is C[C@@H]1NC(=O)C2(CCN(CCc3ccccc3)CC2CC(=O)OCC(C)(c2ccccc2)c2ccccc2)NC1=O. The van der Waals surface area contributed by atoms with E-state index in [1.54, 1.807) is 6.92 Å². The van der Waals surface area contributed by atoms with Crippen molar-refractivity contribution in [1.29, 1.82) is 0 Å². The number of carbonyl (C=O) groups is 3. The monoisotopic (exact) mass is 553 g/mol. The number of hydrogen-bond donors (Lipinski definition) is 2. The van der Waals surface area contributed by atoms with E-state index in [2.05, 4.69) is 34.6 Å². The minimum atomic E-state index is -1.13. The van der Waals surface area contributed by atoms with E-state index in [1.165, 1.54) is 5.56 Å². The van der Waals surface area contributed by atoms with Crippen LogP contribution in [0.5, 0.6) is 0 Å². The van der Waals surface area contributed by atoms with Gasteiger partial charge >= 0.3 is 5.97 Å². The molecule has 7 nitrogen and oxygen atoms in total. The molecule has 2 unspecified atom stereocenters. The van der Waals surface area contributed by atoms with Crippen LogP contribution in [0.25, 0.3) is 0 Å². The van der Waals surface area contributed by atoms with Crippen molar-refractivity contribution in [3.63, 3.8) is 0 Å². The van der Waals surface area contributed by atoms with Crippen LogP contribution in [-0.4, -0.2) is 60.5 Å². The predicted octanol–water partition coefficient (Wildman–Crippen LogP) is 3.86. The lowest BCUT2D eigenvalue weighted by atomic mass is 9.73. The van der Waals surface area contributed by atoms with Gasteiger partial charge in [-0.15, -0.1) is 0 Å². The number of esters is 1. The van der Waals surface area contributed by atoms with Gasteiger partial charge in [-0.3, -0.25) is 14.4 Å². The van der Waals surface area contributed by atoms with Crippen LogP contribution in [-0.2, 0) is 31.0 Å². The van der Waals surface area contributed by atoms with E-state index in [4.69, 9.17) is 4.74 Å². The Morgan fingerprint density at radius 1 is 0.951 bits per heavy atom. The molecule has 0 radical (unpaired) electrons. The molecule has 3 aromatic carbocycles. The quantitative estimate of drug-likeness (QED) is 0.393. The molecule has 1 spiro atoms. The summed E-state index contributed by atoms with van der Waals surface area (Å²) in [5.41, 5.74) is 1.66. The highest BCUT2D eigenvalue weighted by Gasteiger charge is 2.53. The van der Waals surface area contributed by atoms with E-state index in [1.807, 2.05) is 78.9 Å². The highest BCUT2D eigenvalue weighted by Crippen LogP contribution is 2.35. The Bertz CT molecular complexity index is 1310. The third-order valence-corrected chi connectivity index (χ3v) is 8.81. The third-order valence-electron chi connectivity index (χ3n) is 8.81. The molecule has 41 heavy (non-hydrogen) atoms. The molecule has 2 fully saturated rings. The number of hydrogen-bond acceptors (Lipinski definition) is 5. The molecule has 7 heteroatoms. The van der Waals surface area contributed by atoms with Crippen molar-refractivity contribution in [3.05, 3.63) is 108 Å². The summed E-state index contributed by atoms with van der Waals surface area (Å²) in [6, 6.07) is 29.7. The van der Waals surface area contributed by atoms with E-state index >= 15 is 0 Å². The summed E-state index contributed by atoms with van der Waals surface area (Å²) < 4.78 is 6.00. The highest BCUT2D eigenvalue weighted by atomic mass is 16.5. The normalized spacial score (nSPS) is 23.1. The molecule has 0 bridgehead atoms. The molecule has 5 rings (SSSR count). The maximum Gasteiger partial charge on any atom is 0.306 e. The third kappa shape index (κ3) is 6.20. The number of nitrogens with zero attached hydrogens (tertiary/aromatic N) is 1. The summed E-state index contributed by atoms with van der Waals surface area (Å²) in [5.74, 6) is -1.24. The molecular formula is C34H39N3O4. The molecule has 2 saturated heterocycles. The molecule has 2 N–H and O–H groups in total. The number of amides is 2. The number of carbonyl (C=O) groups excluding carboxylic acids is 3. The Morgan fingerprint density at radius 2 is 1.54 bits per heavy atom.